The molecule has 7 heteroatoms. The van der Waals surface area contributed by atoms with E-state index in [0.717, 1.165) is 18.1 Å². The van der Waals surface area contributed by atoms with Crippen molar-refractivity contribution in [3.8, 4) is 5.75 Å². The van der Waals surface area contributed by atoms with Crippen LogP contribution in [0.5, 0.6) is 5.75 Å². The number of aliphatic hydroxyl groups is 1. The number of nitrogens with one attached hydrogen (secondary N) is 1. The Morgan fingerprint density at radius 3 is 2.41 bits per heavy atom. The lowest BCUT2D eigenvalue weighted by atomic mass is 9.88. The summed E-state index contributed by atoms with van der Waals surface area (Å²) in [5.41, 5.74) is 4.87. The molecule has 0 aliphatic rings. The highest BCUT2D eigenvalue weighted by molar-refractivity contribution is 5.83. The molecule has 0 fully saturated rings. The zero-order valence-corrected chi connectivity index (χ0v) is 18.3. The number of hydrogen-bond acceptors (Lipinski definition) is 4. The molecule has 2 rings (SSSR count). The highest BCUT2D eigenvalue weighted by Crippen LogP contribution is 2.24. The molecule has 2 aromatic rings. The van der Waals surface area contributed by atoms with Gasteiger partial charge in [-0.3, -0.25) is 9.59 Å². The molecular weight excluding hydrogens is 411 g/mol. The number of hydrogen-bond donors (Lipinski definition) is 4. The predicted octanol–water partition coefficient (Wildman–Crippen LogP) is 2.86. The van der Waals surface area contributed by atoms with E-state index < -0.39 is 23.6 Å². The molecule has 0 aliphatic carbocycles. The van der Waals surface area contributed by atoms with Gasteiger partial charge in [0.1, 0.15) is 5.75 Å². The number of carbonyl (C=O) groups is 2. The Morgan fingerprint density at radius 2 is 1.78 bits per heavy atom. The number of rotatable bonds is 13. The van der Waals surface area contributed by atoms with Gasteiger partial charge in [0, 0.05) is 12.5 Å². The lowest BCUT2D eigenvalue weighted by Gasteiger charge is -2.23. The predicted molar refractivity (Wildman–Crippen MR) is 121 cm³/mol. The van der Waals surface area contributed by atoms with Crippen molar-refractivity contribution in [2.24, 2.45) is 11.7 Å². The average molecular weight is 444 g/mol. The monoisotopic (exact) mass is 443 g/mol. The van der Waals surface area contributed by atoms with Crippen molar-refractivity contribution in [2.45, 2.75) is 50.8 Å². The molecule has 0 saturated heterocycles. The number of nitrogens with two attached hydrogens (primary N) is 1. The van der Waals surface area contributed by atoms with Crippen LogP contribution in [0.15, 0.2) is 54.6 Å². The fraction of sp³-hybridized carbons (Fsp3) is 0.400. The second-order valence-electron chi connectivity index (χ2n) is 8.23. The highest BCUT2D eigenvalue weighted by Gasteiger charge is 2.33. The molecule has 3 atom stereocenters. The summed E-state index contributed by atoms with van der Waals surface area (Å²) in [6, 6.07) is 16.3. The van der Waals surface area contributed by atoms with Gasteiger partial charge < -0.3 is 21.3 Å². The van der Waals surface area contributed by atoms with Gasteiger partial charge in [0.25, 0.3) is 5.91 Å². The molecule has 1 radical (unpaired) electrons. The van der Waals surface area contributed by atoms with Crippen molar-refractivity contribution >= 4 is 11.8 Å². The van der Waals surface area contributed by atoms with Crippen LogP contribution in [0.3, 0.4) is 0 Å². The second kappa shape index (κ2) is 12.2. The molecule has 0 spiro atoms. The van der Waals surface area contributed by atoms with Crippen molar-refractivity contribution in [1.82, 2.24) is 5.32 Å². The first-order chi connectivity index (χ1) is 15.2. The number of phenolic OH excluding ortho intramolecular Hbond substituents is 1. The van der Waals surface area contributed by atoms with Crippen LogP contribution in [0.4, 0.5) is 4.39 Å². The third kappa shape index (κ3) is 8.67. The summed E-state index contributed by atoms with van der Waals surface area (Å²) < 4.78 is 14.4. The number of amides is 2. The molecule has 6 nitrogen and oxygen atoms in total. The molecule has 2 aromatic carbocycles. The molecule has 5 N–H and O–H groups in total. The largest absolute Gasteiger partial charge is 0.508 e. The zero-order valence-electron chi connectivity index (χ0n) is 18.3. The van der Waals surface area contributed by atoms with Crippen molar-refractivity contribution in [2.75, 3.05) is 6.54 Å². The summed E-state index contributed by atoms with van der Waals surface area (Å²) in [6.45, 7) is 1.46. The summed E-state index contributed by atoms with van der Waals surface area (Å²) in [6.07, 6.45) is 1.95. The van der Waals surface area contributed by atoms with Crippen LogP contribution in [-0.2, 0) is 22.4 Å². The summed E-state index contributed by atoms with van der Waals surface area (Å²) in [7, 11) is 0. The normalized spacial score (nSPS) is 14.8. The maximum absolute atomic E-state index is 14.4. The maximum atomic E-state index is 14.4. The number of aromatic hydroxyl groups is 1. The van der Waals surface area contributed by atoms with E-state index >= 15 is 0 Å². The van der Waals surface area contributed by atoms with Gasteiger partial charge in [0.15, 0.2) is 5.67 Å². The van der Waals surface area contributed by atoms with Crippen LogP contribution >= 0.6 is 0 Å². The molecule has 32 heavy (non-hydrogen) atoms. The molecule has 0 bridgehead atoms. The molecular formula is C25H32FN2O4. The van der Waals surface area contributed by atoms with E-state index in [1.54, 1.807) is 30.7 Å². The van der Waals surface area contributed by atoms with Crippen LogP contribution in [-0.4, -0.2) is 40.3 Å². The van der Waals surface area contributed by atoms with Gasteiger partial charge in [0.2, 0.25) is 5.91 Å². The summed E-state index contributed by atoms with van der Waals surface area (Å²) in [4.78, 5) is 24.1. The SMILES string of the molecule is CC(F)(CC[C@H](C[C@@H](O)[CH]Cc1ccccc1)C(=O)NCCc1ccc(O)cc1)C(N)=O. The summed E-state index contributed by atoms with van der Waals surface area (Å²) >= 11 is 0. The lowest BCUT2D eigenvalue weighted by molar-refractivity contribution is -0.131. The van der Waals surface area contributed by atoms with Gasteiger partial charge in [-0.15, -0.1) is 0 Å². The Morgan fingerprint density at radius 1 is 1.12 bits per heavy atom. The Labute approximate surface area is 188 Å². The Balaban J connectivity index is 1.92. The topological polar surface area (TPSA) is 113 Å². The van der Waals surface area contributed by atoms with Crippen LogP contribution in [0, 0.1) is 12.3 Å². The number of phenols is 1. The second-order valence-corrected chi connectivity index (χ2v) is 8.23. The zero-order chi connectivity index (χ0) is 23.6. The van der Waals surface area contributed by atoms with Gasteiger partial charge >= 0.3 is 0 Å². The fourth-order valence-electron chi connectivity index (χ4n) is 3.34. The first-order valence-electron chi connectivity index (χ1n) is 10.8. The molecule has 0 aromatic heterocycles. The van der Waals surface area contributed by atoms with E-state index in [0.29, 0.717) is 19.4 Å². The number of carbonyl (C=O) groups excluding carboxylic acids is 2. The third-order valence-electron chi connectivity index (χ3n) is 5.49. The summed E-state index contributed by atoms with van der Waals surface area (Å²) in [5.74, 6) is -1.88. The number of primary amides is 1. The van der Waals surface area contributed by atoms with Gasteiger partial charge in [0.05, 0.1) is 6.10 Å². The van der Waals surface area contributed by atoms with Gasteiger partial charge in [-0.1, -0.05) is 42.5 Å². The molecule has 0 saturated carbocycles. The lowest BCUT2D eigenvalue weighted by Crippen LogP contribution is -2.39. The van der Waals surface area contributed by atoms with Crippen LogP contribution in [0.2, 0.25) is 0 Å². The van der Waals surface area contributed by atoms with E-state index in [9.17, 15) is 24.2 Å². The Hall–Kier alpha value is -2.93. The average Bonchev–Trinajstić information content (AvgIpc) is 2.77. The van der Waals surface area contributed by atoms with Gasteiger partial charge in [-0.25, -0.2) is 4.39 Å². The third-order valence-corrected chi connectivity index (χ3v) is 5.49. The number of alkyl halides is 1. The Bertz CT molecular complexity index is 856. The minimum absolute atomic E-state index is 0.0806. The summed E-state index contributed by atoms with van der Waals surface area (Å²) in [5, 5.41) is 22.6. The Kier molecular flexibility index (Phi) is 9.65. The van der Waals surface area contributed by atoms with E-state index in [-0.39, 0.29) is 30.9 Å². The van der Waals surface area contributed by atoms with Crippen LogP contribution in [0.25, 0.3) is 0 Å². The molecule has 0 aliphatic heterocycles. The number of halogens is 1. The van der Waals surface area contributed by atoms with E-state index in [1.807, 2.05) is 30.3 Å². The molecule has 0 heterocycles. The molecule has 1 unspecified atom stereocenters. The minimum atomic E-state index is -2.22. The van der Waals surface area contributed by atoms with Gasteiger partial charge in [-0.2, -0.15) is 0 Å². The molecule has 2 amide bonds. The minimum Gasteiger partial charge on any atom is -0.508 e. The van der Waals surface area contributed by atoms with Crippen LogP contribution < -0.4 is 11.1 Å². The molecule has 173 valence electrons. The smallest absolute Gasteiger partial charge is 0.254 e. The number of aliphatic hydroxyl groups excluding tert-OH is 1. The van der Waals surface area contributed by atoms with Crippen molar-refractivity contribution in [3.05, 3.63) is 72.1 Å². The highest BCUT2D eigenvalue weighted by atomic mass is 19.1. The van der Waals surface area contributed by atoms with Crippen molar-refractivity contribution in [3.63, 3.8) is 0 Å². The quantitative estimate of drug-likeness (QED) is 0.381. The van der Waals surface area contributed by atoms with Crippen LogP contribution in [0.1, 0.15) is 37.3 Å². The maximum Gasteiger partial charge on any atom is 0.254 e. The van der Waals surface area contributed by atoms with Gasteiger partial charge in [-0.05, 0) is 68.7 Å². The van der Waals surface area contributed by atoms with E-state index in [4.69, 9.17) is 5.73 Å². The first kappa shape index (κ1) is 25.3. The standard InChI is InChI=1S/C25H32FN2O4/c1-25(26,24(27)32)15-13-20(17-22(30)12-9-18-5-3-2-4-6-18)23(31)28-16-14-19-7-10-21(29)11-8-19/h2-8,10-12,20,22,29-30H,9,13-17H2,1H3,(H2,27,32)(H,28,31)/t20-,22+,25?/m1/s1. The van der Waals surface area contributed by atoms with Crippen molar-refractivity contribution in [1.29, 1.82) is 0 Å². The van der Waals surface area contributed by atoms with Crippen molar-refractivity contribution < 1.29 is 24.2 Å². The van der Waals surface area contributed by atoms with E-state index in [2.05, 4.69) is 5.32 Å². The number of benzene rings is 2. The fourth-order valence-corrected chi connectivity index (χ4v) is 3.34. The van der Waals surface area contributed by atoms with E-state index in [1.165, 1.54) is 0 Å². The first-order valence-corrected chi connectivity index (χ1v) is 10.8.